The Labute approximate surface area is 312 Å². The fourth-order valence-electron chi connectivity index (χ4n) is 8.50. The van der Waals surface area contributed by atoms with E-state index in [1.807, 2.05) is 27.7 Å². The van der Waals surface area contributed by atoms with Gasteiger partial charge in [-0.25, -0.2) is 0 Å². The zero-order valence-electron chi connectivity index (χ0n) is 29.6. The number of benzene rings is 2. The van der Waals surface area contributed by atoms with Gasteiger partial charge in [0, 0.05) is 71.9 Å². The van der Waals surface area contributed by atoms with Crippen molar-refractivity contribution in [2.24, 2.45) is 28.7 Å². The molecule has 2 aliphatic carbocycles. The second-order valence-corrected chi connectivity index (χ2v) is 17.7. The molecule has 0 unspecified atom stereocenters. The number of Topliss-reactive ketones (excluding diaryl/α,β-unsaturated/α-hetero) is 1. The van der Waals surface area contributed by atoms with Crippen molar-refractivity contribution in [2.75, 3.05) is 19.1 Å². The van der Waals surface area contributed by atoms with Crippen molar-refractivity contribution in [1.29, 1.82) is 0 Å². The van der Waals surface area contributed by atoms with Crippen LogP contribution in [0.15, 0.2) is 23.2 Å². The van der Waals surface area contributed by atoms with E-state index >= 15 is 0 Å². The second-order valence-electron chi connectivity index (χ2n) is 15.0. The molecule has 13 heteroatoms. The summed E-state index contributed by atoms with van der Waals surface area (Å²) in [7, 11) is 3.70. The van der Waals surface area contributed by atoms with Gasteiger partial charge in [-0.3, -0.25) is 9.79 Å². The van der Waals surface area contributed by atoms with Crippen LogP contribution in [0.2, 0.25) is 0 Å². The van der Waals surface area contributed by atoms with E-state index < -0.39 is 19.2 Å². The molecule has 8 atom stereocenters. The maximum absolute atomic E-state index is 13.5. The third-order valence-corrected chi connectivity index (χ3v) is 14.4. The zero-order chi connectivity index (χ0) is 36.5. The van der Waals surface area contributed by atoms with Crippen molar-refractivity contribution in [3.63, 3.8) is 0 Å². The number of carbonyl (C=O) groups excluding carboxylic acids is 1. The number of aryl methyl sites for hydroxylation is 1. The second kappa shape index (κ2) is 16.0. The summed E-state index contributed by atoms with van der Waals surface area (Å²) in [4.78, 5) is 18.3. The fraction of sp³-hybridized carbons (Fsp3) is 0.590. The molecule has 52 heavy (non-hydrogen) atoms. The van der Waals surface area contributed by atoms with Gasteiger partial charge in [0.1, 0.15) is 5.78 Å². The summed E-state index contributed by atoms with van der Waals surface area (Å²) >= 11 is 0. The maximum Gasteiger partial charge on any atom is 0.201 e. The Morgan fingerprint density at radius 2 is 1.90 bits per heavy atom. The van der Waals surface area contributed by atoms with E-state index in [4.69, 9.17) is 14.5 Å². The largest absolute Gasteiger partial charge is 0.504 e. The molecule has 0 aromatic heterocycles. The number of hydrogen-bond acceptors (Lipinski definition) is 13. The molecule has 7 rings (SSSR count). The number of phenols is 2. The molecule has 2 aromatic rings. The third kappa shape index (κ3) is 7.69. The van der Waals surface area contributed by atoms with Crippen molar-refractivity contribution in [2.45, 2.75) is 101 Å². The quantitative estimate of drug-likeness (QED) is 0.138. The number of guanidine groups is 1. The Morgan fingerprint density at radius 3 is 2.71 bits per heavy atom. The summed E-state index contributed by atoms with van der Waals surface area (Å²) in [6, 6.07) is 5.33. The molecule has 11 nitrogen and oxygen atoms in total. The lowest BCUT2D eigenvalue weighted by atomic mass is 9.72. The van der Waals surface area contributed by atoms with Crippen molar-refractivity contribution < 1.29 is 39.8 Å². The number of aliphatic hydroxyl groups excluding tert-OH is 3. The lowest BCUT2D eigenvalue weighted by molar-refractivity contribution is -0.121. The number of aromatic hydroxyl groups is 2. The molecule has 2 aromatic carbocycles. The van der Waals surface area contributed by atoms with Gasteiger partial charge in [0.25, 0.3) is 0 Å². The first-order valence-electron chi connectivity index (χ1n) is 18.5. The van der Waals surface area contributed by atoms with E-state index in [-0.39, 0.29) is 83.1 Å². The lowest BCUT2D eigenvalue weighted by Gasteiger charge is -2.46. The van der Waals surface area contributed by atoms with Crippen LogP contribution in [0.4, 0.5) is 0 Å². The molecule has 280 valence electrons. The number of aliphatic imine (C=N–C) groups is 1. The minimum absolute atomic E-state index is 0.00351. The normalized spacial score (nSPS) is 30.4. The minimum atomic E-state index is -1.16. The topological polar surface area (TPSA) is 173 Å². The number of nitrogens with one attached hydrogen (secondary N) is 2. The monoisotopic (exact) mass is 751 g/mol. The van der Waals surface area contributed by atoms with Crippen LogP contribution < -0.4 is 20.1 Å². The average Bonchev–Trinajstić information content (AvgIpc) is 3.11. The molecule has 0 amide bonds. The molecular weight excluding hydrogens is 703 g/mol. The van der Waals surface area contributed by atoms with Crippen molar-refractivity contribution in [3.8, 4) is 34.8 Å². The van der Waals surface area contributed by atoms with Gasteiger partial charge in [-0.2, -0.15) is 0 Å². The summed E-state index contributed by atoms with van der Waals surface area (Å²) in [6.45, 7) is 4.42. The minimum Gasteiger partial charge on any atom is -0.504 e. The molecule has 5 aliphatic rings. The van der Waals surface area contributed by atoms with Crippen molar-refractivity contribution in [3.05, 3.63) is 46.0 Å². The van der Waals surface area contributed by atoms with E-state index in [1.54, 1.807) is 6.07 Å². The van der Waals surface area contributed by atoms with Gasteiger partial charge in [-0.05, 0) is 67.6 Å². The Balaban J connectivity index is 1.32. The number of fused-ring (bicyclic) bond motifs is 9. The SMILES string of the molecule is CC(C)[C@H]1CSS[C@H]2CC[C@@H]3Cc4cc(c(O)c5c4C[C@@H]([C@H]2[C@H]2CCN=C(N1)N2)[C@@H](O)O5)CC#Cc1c(ccc(O)c1OCO)CCC(=O)C[C@@H]3O. The molecule has 7 N–H and O–H groups in total. The lowest BCUT2D eigenvalue weighted by Crippen LogP contribution is -2.58. The van der Waals surface area contributed by atoms with Gasteiger partial charge in [0.15, 0.2) is 35.8 Å². The highest BCUT2D eigenvalue weighted by Crippen LogP contribution is 2.50. The van der Waals surface area contributed by atoms with Crippen LogP contribution in [0.25, 0.3) is 0 Å². The smallest absolute Gasteiger partial charge is 0.201 e. The highest BCUT2D eigenvalue weighted by Gasteiger charge is 2.46. The predicted octanol–water partition coefficient (Wildman–Crippen LogP) is 3.82. The molecule has 1 fully saturated rings. The highest BCUT2D eigenvalue weighted by atomic mass is 33.1. The predicted molar refractivity (Wildman–Crippen MR) is 202 cm³/mol. The van der Waals surface area contributed by atoms with Gasteiger partial charge < -0.3 is 45.6 Å². The first-order chi connectivity index (χ1) is 25.1. The summed E-state index contributed by atoms with van der Waals surface area (Å²) in [6.07, 6.45) is 1.79. The number of hydrogen-bond donors (Lipinski definition) is 7. The van der Waals surface area contributed by atoms with Gasteiger partial charge >= 0.3 is 0 Å². The molecule has 3 heterocycles. The first-order valence-corrected chi connectivity index (χ1v) is 20.8. The van der Waals surface area contributed by atoms with Crippen molar-refractivity contribution in [1.82, 2.24) is 10.6 Å². The average molecular weight is 752 g/mol. The van der Waals surface area contributed by atoms with Gasteiger partial charge in [0.2, 0.25) is 6.29 Å². The van der Waals surface area contributed by atoms with Crippen LogP contribution in [-0.2, 0) is 30.5 Å². The van der Waals surface area contributed by atoms with E-state index in [9.17, 15) is 30.3 Å². The molecule has 0 radical (unpaired) electrons. The standard InChI is InChI=1S/C39H49N3O8S2/c1-20(2)30-18-51-52-33-11-8-22-14-24-15-23(4-3-5-26-21(6-9-25(44)16-32(22)46)7-10-31(45)36(26)49-19-43)35(47)37-27(24)17-28(38(48)50-37)34(33)29-12-13-40-39(41-29)42-30/h7,10,15,20,22,28-30,32-34,38,43,45-48H,4,6,8-9,11-14,16-19H2,1-2H3,(H2,40,41,42)/t22-,28+,29-,30-,32+,33+,34+,38+/m1/s1. The van der Waals surface area contributed by atoms with Crippen molar-refractivity contribution >= 4 is 33.3 Å². The van der Waals surface area contributed by atoms with E-state index in [1.165, 1.54) is 6.07 Å². The number of phenolic OH excluding ortho intramolecular Hbond substituents is 2. The van der Waals surface area contributed by atoms with E-state index in [2.05, 4.69) is 36.3 Å². The summed E-state index contributed by atoms with van der Waals surface area (Å²) in [5.41, 5.74) is 3.26. The molecule has 7 bridgehead atoms. The highest BCUT2D eigenvalue weighted by molar-refractivity contribution is 8.77. The number of aliphatic hydroxyl groups is 3. The summed E-state index contributed by atoms with van der Waals surface area (Å²) < 4.78 is 11.7. The molecule has 0 spiro atoms. The van der Waals surface area contributed by atoms with Crippen LogP contribution in [0.3, 0.4) is 0 Å². The van der Waals surface area contributed by atoms with Crippen LogP contribution in [0.1, 0.15) is 73.8 Å². The summed E-state index contributed by atoms with van der Waals surface area (Å²) in [5, 5.41) is 62.9. The number of ketones is 1. The van der Waals surface area contributed by atoms with Gasteiger partial charge in [-0.15, -0.1) is 0 Å². The Bertz CT molecular complexity index is 1760. The first kappa shape index (κ1) is 37.1. The van der Waals surface area contributed by atoms with E-state index in [0.29, 0.717) is 54.8 Å². The molecule has 3 aliphatic heterocycles. The summed E-state index contributed by atoms with van der Waals surface area (Å²) in [5.74, 6) is 7.66. The van der Waals surface area contributed by atoms with E-state index in [0.717, 1.165) is 35.7 Å². The molecule has 0 saturated carbocycles. The number of ether oxygens (including phenoxy) is 2. The third-order valence-electron chi connectivity index (χ3n) is 11.4. The Kier molecular flexibility index (Phi) is 11.4. The number of carbonyl (C=O) groups is 1. The van der Waals surface area contributed by atoms with Crippen LogP contribution in [0.5, 0.6) is 23.0 Å². The molecule has 1 saturated heterocycles. The Morgan fingerprint density at radius 1 is 1.06 bits per heavy atom. The van der Waals surface area contributed by atoms with Crippen LogP contribution in [0, 0.1) is 35.5 Å². The van der Waals surface area contributed by atoms with Crippen LogP contribution >= 0.6 is 21.6 Å². The van der Waals surface area contributed by atoms with Crippen LogP contribution in [-0.4, -0.2) is 86.1 Å². The van der Waals surface area contributed by atoms with Gasteiger partial charge in [-0.1, -0.05) is 59.4 Å². The number of nitrogens with zero attached hydrogens (tertiary/aromatic N) is 1. The Hall–Kier alpha value is -3.28. The fourth-order valence-corrected chi connectivity index (χ4v) is 12.0. The maximum atomic E-state index is 13.5. The van der Waals surface area contributed by atoms with Gasteiger partial charge in [0.05, 0.1) is 11.7 Å². The number of rotatable bonds is 3. The molecular formula is C39H49N3O8S2. The zero-order valence-corrected chi connectivity index (χ0v) is 31.3.